The molecule has 23 heavy (non-hydrogen) atoms. The van der Waals surface area contributed by atoms with E-state index in [0.29, 0.717) is 5.56 Å². The SMILES string of the molecule is CC(C)[C@H](NC(=O)c1ccc(Br)cc1)c1nc2ccccc2[nH]1. The van der Waals surface area contributed by atoms with Crippen LogP contribution in [0.15, 0.2) is 53.0 Å². The zero-order valence-electron chi connectivity index (χ0n) is 13.0. The molecule has 0 spiro atoms. The zero-order valence-corrected chi connectivity index (χ0v) is 14.6. The molecule has 1 atom stereocenters. The second-order valence-corrected chi connectivity index (χ2v) is 6.76. The number of benzene rings is 2. The van der Waals surface area contributed by atoms with E-state index in [9.17, 15) is 4.79 Å². The van der Waals surface area contributed by atoms with Gasteiger partial charge in [-0.25, -0.2) is 4.98 Å². The normalized spacial score (nSPS) is 12.5. The average molecular weight is 372 g/mol. The van der Waals surface area contributed by atoms with Crippen LogP contribution in [0.4, 0.5) is 0 Å². The lowest BCUT2D eigenvalue weighted by Gasteiger charge is -2.20. The van der Waals surface area contributed by atoms with E-state index in [1.54, 1.807) is 12.1 Å². The van der Waals surface area contributed by atoms with Crippen molar-refractivity contribution in [2.75, 3.05) is 0 Å². The monoisotopic (exact) mass is 371 g/mol. The number of para-hydroxylation sites is 2. The van der Waals surface area contributed by atoms with Crippen molar-refractivity contribution in [3.05, 3.63) is 64.4 Å². The summed E-state index contributed by atoms with van der Waals surface area (Å²) < 4.78 is 0.951. The summed E-state index contributed by atoms with van der Waals surface area (Å²) in [5, 5.41) is 3.08. The highest BCUT2D eigenvalue weighted by molar-refractivity contribution is 9.10. The molecule has 118 valence electrons. The molecule has 2 aromatic carbocycles. The van der Waals surface area contributed by atoms with Gasteiger partial charge in [0.25, 0.3) is 5.91 Å². The molecule has 0 aliphatic heterocycles. The lowest BCUT2D eigenvalue weighted by atomic mass is 10.0. The minimum Gasteiger partial charge on any atom is -0.342 e. The second-order valence-electron chi connectivity index (χ2n) is 5.84. The summed E-state index contributed by atoms with van der Waals surface area (Å²) in [6, 6.07) is 15.0. The fraction of sp³-hybridized carbons (Fsp3) is 0.222. The van der Waals surface area contributed by atoms with Gasteiger partial charge in [0.2, 0.25) is 0 Å². The molecule has 0 fully saturated rings. The second kappa shape index (κ2) is 6.54. The van der Waals surface area contributed by atoms with E-state index in [0.717, 1.165) is 21.3 Å². The highest BCUT2D eigenvalue weighted by Crippen LogP contribution is 2.23. The maximum absolute atomic E-state index is 12.5. The first-order valence-electron chi connectivity index (χ1n) is 7.55. The van der Waals surface area contributed by atoms with Crippen LogP contribution in [-0.4, -0.2) is 15.9 Å². The fourth-order valence-electron chi connectivity index (χ4n) is 2.50. The van der Waals surface area contributed by atoms with Crippen LogP contribution in [-0.2, 0) is 0 Å². The maximum Gasteiger partial charge on any atom is 0.251 e. The Morgan fingerprint density at radius 2 is 1.83 bits per heavy atom. The number of nitrogens with zero attached hydrogens (tertiary/aromatic N) is 1. The molecule has 0 unspecified atom stereocenters. The van der Waals surface area contributed by atoms with Crippen LogP contribution in [0.5, 0.6) is 0 Å². The minimum absolute atomic E-state index is 0.100. The molecular weight excluding hydrogens is 354 g/mol. The van der Waals surface area contributed by atoms with Gasteiger partial charge in [0.1, 0.15) is 5.82 Å². The molecule has 0 aliphatic carbocycles. The third kappa shape index (κ3) is 3.45. The number of rotatable bonds is 4. The Hall–Kier alpha value is -2.14. The van der Waals surface area contributed by atoms with E-state index >= 15 is 0 Å². The first-order valence-corrected chi connectivity index (χ1v) is 8.35. The average Bonchev–Trinajstić information content (AvgIpc) is 2.96. The molecule has 1 heterocycles. The molecule has 0 saturated heterocycles. The molecule has 5 heteroatoms. The number of imidazole rings is 1. The van der Waals surface area contributed by atoms with Gasteiger partial charge in [0.05, 0.1) is 17.1 Å². The maximum atomic E-state index is 12.5. The van der Waals surface area contributed by atoms with Crippen molar-refractivity contribution < 1.29 is 4.79 Å². The zero-order chi connectivity index (χ0) is 16.4. The predicted molar refractivity (Wildman–Crippen MR) is 95.3 cm³/mol. The molecule has 1 amide bonds. The van der Waals surface area contributed by atoms with Gasteiger partial charge >= 0.3 is 0 Å². The predicted octanol–water partition coefficient (Wildman–Crippen LogP) is 4.45. The van der Waals surface area contributed by atoms with Gasteiger partial charge in [0, 0.05) is 10.0 Å². The molecule has 3 aromatic rings. The number of carbonyl (C=O) groups is 1. The number of hydrogen-bond donors (Lipinski definition) is 2. The summed E-state index contributed by atoms with van der Waals surface area (Å²) in [7, 11) is 0. The van der Waals surface area contributed by atoms with Gasteiger partial charge in [-0.3, -0.25) is 4.79 Å². The lowest BCUT2D eigenvalue weighted by molar-refractivity contribution is 0.0923. The smallest absolute Gasteiger partial charge is 0.251 e. The Kier molecular flexibility index (Phi) is 4.48. The van der Waals surface area contributed by atoms with Crippen molar-refractivity contribution in [3.8, 4) is 0 Å². The summed E-state index contributed by atoms with van der Waals surface area (Å²) in [5.74, 6) is 0.901. The van der Waals surface area contributed by atoms with Gasteiger partial charge in [-0.15, -0.1) is 0 Å². The standard InChI is InChI=1S/C18H18BrN3O/c1-11(2)16(17-20-14-5-3-4-6-15(14)21-17)22-18(23)12-7-9-13(19)10-8-12/h3-11,16H,1-2H3,(H,20,21)(H,22,23)/t16-/m0/s1. The third-order valence-electron chi connectivity index (χ3n) is 3.76. The van der Waals surface area contributed by atoms with Crippen molar-refractivity contribution in [1.29, 1.82) is 0 Å². The van der Waals surface area contributed by atoms with E-state index in [2.05, 4.69) is 45.1 Å². The van der Waals surface area contributed by atoms with Crippen LogP contribution in [0.1, 0.15) is 36.1 Å². The molecule has 0 aliphatic rings. The number of nitrogens with one attached hydrogen (secondary N) is 2. The summed E-state index contributed by atoms with van der Waals surface area (Å²) in [4.78, 5) is 20.4. The molecule has 3 rings (SSSR count). The summed E-state index contributed by atoms with van der Waals surface area (Å²) >= 11 is 3.38. The summed E-state index contributed by atoms with van der Waals surface area (Å²) in [5.41, 5.74) is 2.52. The van der Waals surface area contributed by atoms with Crippen molar-refractivity contribution in [2.45, 2.75) is 19.9 Å². The van der Waals surface area contributed by atoms with Crippen molar-refractivity contribution >= 4 is 32.9 Å². The Labute approximate surface area is 143 Å². The van der Waals surface area contributed by atoms with Crippen LogP contribution in [0, 0.1) is 5.92 Å². The highest BCUT2D eigenvalue weighted by atomic mass is 79.9. The number of aromatic nitrogens is 2. The van der Waals surface area contributed by atoms with Crippen LogP contribution in [0.3, 0.4) is 0 Å². The minimum atomic E-state index is -0.168. The van der Waals surface area contributed by atoms with Gasteiger partial charge in [-0.1, -0.05) is 41.9 Å². The molecule has 0 radical (unpaired) electrons. The number of hydrogen-bond acceptors (Lipinski definition) is 2. The number of amides is 1. The van der Waals surface area contributed by atoms with Crippen LogP contribution >= 0.6 is 15.9 Å². The van der Waals surface area contributed by atoms with E-state index in [1.165, 1.54) is 0 Å². The first kappa shape index (κ1) is 15.7. The number of H-pyrrole nitrogens is 1. The van der Waals surface area contributed by atoms with Crippen LogP contribution in [0.25, 0.3) is 11.0 Å². The van der Waals surface area contributed by atoms with E-state index in [1.807, 2.05) is 36.4 Å². The number of halogens is 1. The summed E-state index contributed by atoms with van der Waals surface area (Å²) in [6.07, 6.45) is 0. The molecule has 4 nitrogen and oxygen atoms in total. The quantitative estimate of drug-likeness (QED) is 0.711. The van der Waals surface area contributed by atoms with Crippen molar-refractivity contribution in [2.24, 2.45) is 5.92 Å². The largest absolute Gasteiger partial charge is 0.342 e. The highest BCUT2D eigenvalue weighted by Gasteiger charge is 2.22. The van der Waals surface area contributed by atoms with Crippen LogP contribution < -0.4 is 5.32 Å². The first-order chi connectivity index (χ1) is 11.0. The van der Waals surface area contributed by atoms with Crippen molar-refractivity contribution in [3.63, 3.8) is 0 Å². The number of aromatic amines is 1. The number of fused-ring (bicyclic) bond motifs is 1. The Morgan fingerprint density at radius 3 is 2.48 bits per heavy atom. The fourth-order valence-corrected chi connectivity index (χ4v) is 2.76. The van der Waals surface area contributed by atoms with Gasteiger partial charge in [0.15, 0.2) is 0 Å². The molecule has 1 aromatic heterocycles. The van der Waals surface area contributed by atoms with E-state index in [4.69, 9.17) is 0 Å². The Balaban J connectivity index is 1.86. The lowest BCUT2D eigenvalue weighted by Crippen LogP contribution is -2.32. The topological polar surface area (TPSA) is 57.8 Å². The van der Waals surface area contributed by atoms with Gasteiger partial charge in [-0.2, -0.15) is 0 Å². The molecule has 0 saturated carbocycles. The summed E-state index contributed by atoms with van der Waals surface area (Å²) in [6.45, 7) is 4.14. The van der Waals surface area contributed by atoms with Crippen LogP contribution in [0.2, 0.25) is 0 Å². The van der Waals surface area contributed by atoms with Gasteiger partial charge < -0.3 is 10.3 Å². The van der Waals surface area contributed by atoms with Crippen molar-refractivity contribution in [1.82, 2.24) is 15.3 Å². The Morgan fingerprint density at radius 1 is 1.13 bits per heavy atom. The third-order valence-corrected chi connectivity index (χ3v) is 4.29. The molecule has 2 N–H and O–H groups in total. The van der Waals surface area contributed by atoms with E-state index in [-0.39, 0.29) is 17.9 Å². The number of carbonyl (C=O) groups excluding carboxylic acids is 1. The Bertz CT molecular complexity index is 791. The van der Waals surface area contributed by atoms with E-state index < -0.39 is 0 Å². The molecular formula is C18H18BrN3O. The molecule has 0 bridgehead atoms. The van der Waals surface area contributed by atoms with Gasteiger partial charge in [-0.05, 0) is 42.3 Å².